The first-order valence-corrected chi connectivity index (χ1v) is 6.84. The molecule has 18 heavy (non-hydrogen) atoms. The second-order valence-electron chi connectivity index (χ2n) is 3.98. The van der Waals surface area contributed by atoms with Gasteiger partial charge in [-0.05, 0) is 24.1 Å². The monoisotopic (exact) mass is 284 g/mol. The minimum Gasteiger partial charge on any atom is -0.329 e. The summed E-state index contributed by atoms with van der Waals surface area (Å²) in [6.07, 6.45) is 0.511. The Hall–Kier alpha value is -1.04. The van der Waals surface area contributed by atoms with Gasteiger partial charge in [0, 0.05) is 18.1 Å². The van der Waals surface area contributed by atoms with Crippen molar-refractivity contribution in [3.63, 3.8) is 0 Å². The molecule has 2 amide bonds. The summed E-state index contributed by atoms with van der Waals surface area (Å²) in [7, 11) is 0. The Kier molecular flexibility index (Phi) is 4.27. The molecule has 1 heterocycles. The van der Waals surface area contributed by atoms with Gasteiger partial charge in [0.25, 0.3) is 5.24 Å². The lowest BCUT2D eigenvalue weighted by Gasteiger charge is -2.12. The molecule has 96 valence electrons. The summed E-state index contributed by atoms with van der Waals surface area (Å²) in [6.45, 7) is 0.582. The Morgan fingerprint density at radius 3 is 2.83 bits per heavy atom. The Morgan fingerprint density at radius 2 is 2.17 bits per heavy atom. The van der Waals surface area contributed by atoms with E-state index >= 15 is 0 Å². The molecule has 0 aliphatic carbocycles. The highest BCUT2D eigenvalue weighted by molar-refractivity contribution is 8.15. The van der Waals surface area contributed by atoms with E-state index in [1.165, 1.54) is 4.90 Å². The molecular weight excluding hydrogens is 272 g/mol. The maximum Gasteiger partial charge on any atom is 0.289 e. The molecule has 1 aromatic rings. The second kappa shape index (κ2) is 5.73. The van der Waals surface area contributed by atoms with Crippen molar-refractivity contribution in [1.29, 1.82) is 0 Å². The van der Waals surface area contributed by atoms with Crippen molar-refractivity contribution < 1.29 is 9.59 Å². The number of amides is 2. The summed E-state index contributed by atoms with van der Waals surface area (Å²) in [5.41, 5.74) is 6.33. The van der Waals surface area contributed by atoms with E-state index in [4.69, 9.17) is 17.3 Å². The lowest BCUT2D eigenvalue weighted by Crippen LogP contribution is -2.36. The molecule has 1 aromatic carbocycles. The molecule has 4 nitrogen and oxygen atoms in total. The highest BCUT2D eigenvalue weighted by Crippen LogP contribution is 2.29. The lowest BCUT2D eigenvalue weighted by atomic mass is 10.1. The third kappa shape index (κ3) is 2.85. The normalized spacial score (nSPS) is 19.7. The Bertz CT molecular complexity index is 481. The molecule has 1 atom stereocenters. The first kappa shape index (κ1) is 13.4. The van der Waals surface area contributed by atoms with Gasteiger partial charge in [-0.25, -0.2) is 0 Å². The van der Waals surface area contributed by atoms with Gasteiger partial charge in [-0.2, -0.15) is 0 Å². The van der Waals surface area contributed by atoms with Gasteiger partial charge in [-0.3, -0.25) is 14.5 Å². The first-order valence-electron chi connectivity index (χ1n) is 5.58. The van der Waals surface area contributed by atoms with Crippen LogP contribution in [-0.2, 0) is 11.2 Å². The molecule has 1 aliphatic rings. The maximum atomic E-state index is 12.0. The van der Waals surface area contributed by atoms with Gasteiger partial charge in [-0.15, -0.1) is 0 Å². The van der Waals surface area contributed by atoms with Crippen LogP contribution in [0.4, 0.5) is 4.79 Å². The van der Waals surface area contributed by atoms with Crippen LogP contribution >= 0.6 is 23.4 Å². The molecule has 1 saturated heterocycles. The standard InChI is InChI=1S/C12H13ClN2O2S/c13-9-3-1-2-8(6-9)7-10-11(16)15(5-4-14)12(17)18-10/h1-3,6,10H,4-5,7,14H2/t10-/m0/s1. The molecular formula is C12H13ClN2O2S. The van der Waals surface area contributed by atoms with Gasteiger partial charge in [0.2, 0.25) is 5.91 Å². The number of thioether (sulfide) groups is 1. The van der Waals surface area contributed by atoms with E-state index in [2.05, 4.69) is 0 Å². The number of carbonyl (C=O) groups is 2. The fourth-order valence-corrected chi connectivity index (χ4v) is 3.11. The second-order valence-corrected chi connectivity index (χ2v) is 5.58. The Labute approximate surface area is 114 Å². The van der Waals surface area contributed by atoms with Crippen molar-refractivity contribution in [2.75, 3.05) is 13.1 Å². The Morgan fingerprint density at radius 1 is 1.39 bits per heavy atom. The van der Waals surface area contributed by atoms with Crippen molar-refractivity contribution >= 4 is 34.5 Å². The largest absolute Gasteiger partial charge is 0.329 e. The SMILES string of the molecule is NCCN1C(=O)S[C@@H](Cc2cccc(Cl)c2)C1=O. The van der Waals surface area contributed by atoms with Crippen molar-refractivity contribution in [3.8, 4) is 0 Å². The van der Waals surface area contributed by atoms with E-state index < -0.39 is 0 Å². The molecule has 0 aromatic heterocycles. The molecule has 2 rings (SSSR count). The Balaban J connectivity index is 2.07. The predicted molar refractivity (Wildman–Crippen MR) is 72.7 cm³/mol. The van der Waals surface area contributed by atoms with Gasteiger partial charge < -0.3 is 5.73 Å². The van der Waals surface area contributed by atoms with Crippen molar-refractivity contribution in [2.45, 2.75) is 11.7 Å². The summed E-state index contributed by atoms with van der Waals surface area (Å²) in [5.74, 6) is -0.157. The number of nitrogens with zero attached hydrogens (tertiary/aromatic N) is 1. The van der Waals surface area contributed by atoms with Gasteiger partial charge in [0.15, 0.2) is 0 Å². The molecule has 6 heteroatoms. The van der Waals surface area contributed by atoms with Crippen LogP contribution in [-0.4, -0.2) is 34.4 Å². The molecule has 0 spiro atoms. The average Bonchev–Trinajstić information content (AvgIpc) is 2.57. The molecule has 0 radical (unpaired) electrons. The van der Waals surface area contributed by atoms with Crippen molar-refractivity contribution in [3.05, 3.63) is 34.9 Å². The minimum absolute atomic E-state index is 0.157. The topological polar surface area (TPSA) is 63.4 Å². The smallest absolute Gasteiger partial charge is 0.289 e. The zero-order valence-corrected chi connectivity index (χ0v) is 11.2. The van der Waals surface area contributed by atoms with Crippen LogP contribution in [0.25, 0.3) is 0 Å². The highest BCUT2D eigenvalue weighted by Gasteiger charge is 2.38. The summed E-state index contributed by atoms with van der Waals surface area (Å²) in [4.78, 5) is 24.8. The molecule has 0 bridgehead atoms. The molecule has 1 aliphatic heterocycles. The van der Waals surface area contributed by atoms with E-state index in [-0.39, 0.29) is 22.9 Å². The number of carbonyl (C=O) groups excluding carboxylic acids is 2. The van der Waals surface area contributed by atoms with E-state index in [0.717, 1.165) is 17.3 Å². The summed E-state index contributed by atoms with van der Waals surface area (Å²) in [5, 5.41) is 0.0630. The lowest BCUT2D eigenvalue weighted by molar-refractivity contribution is -0.126. The third-order valence-electron chi connectivity index (χ3n) is 2.67. The molecule has 0 unspecified atom stereocenters. The van der Waals surface area contributed by atoms with Gasteiger partial charge in [-0.1, -0.05) is 35.5 Å². The van der Waals surface area contributed by atoms with Crippen LogP contribution < -0.4 is 5.73 Å². The molecule has 0 saturated carbocycles. The van der Waals surface area contributed by atoms with E-state index in [9.17, 15) is 9.59 Å². The number of hydrogen-bond acceptors (Lipinski definition) is 4. The fourth-order valence-electron chi connectivity index (χ4n) is 1.84. The molecule has 1 fully saturated rings. The van der Waals surface area contributed by atoms with Crippen LogP contribution in [0.15, 0.2) is 24.3 Å². The number of benzene rings is 1. The van der Waals surface area contributed by atoms with Crippen LogP contribution in [0.3, 0.4) is 0 Å². The van der Waals surface area contributed by atoms with Crippen molar-refractivity contribution in [1.82, 2.24) is 4.90 Å². The van der Waals surface area contributed by atoms with E-state index in [0.29, 0.717) is 18.0 Å². The third-order valence-corrected chi connectivity index (χ3v) is 3.98. The zero-order valence-electron chi connectivity index (χ0n) is 9.64. The van der Waals surface area contributed by atoms with Crippen LogP contribution in [0.5, 0.6) is 0 Å². The molecule has 2 N–H and O–H groups in total. The minimum atomic E-state index is -0.359. The fraction of sp³-hybridized carbons (Fsp3) is 0.333. The van der Waals surface area contributed by atoms with E-state index in [1.807, 2.05) is 18.2 Å². The predicted octanol–water partition coefficient (Wildman–Crippen LogP) is 1.91. The van der Waals surface area contributed by atoms with Crippen LogP contribution in [0.2, 0.25) is 5.02 Å². The maximum absolute atomic E-state index is 12.0. The van der Waals surface area contributed by atoms with Crippen molar-refractivity contribution in [2.24, 2.45) is 5.73 Å². The number of hydrogen-bond donors (Lipinski definition) is 1. The number of imide groups is 1. The number of nitrogens with two attached hydrogens (primary N) is 1. The quantitative estimate of drug-likeness (QED) is 0.917. The summed E-state index contributed by atoms with van der Waals surface area (Å²) < 4.78 is 0. The van der Waals surface area contributed by atoms with Gasteiger partial charge in [0.1, 0.15) is 0 Å². The highest BCUT2D eigenvalue weighted by atomic mass is 35.5. The zero-order chi connectivity index (χ0) is 13.1. The number of rotatable bonds is 4. The summed E-state index contributed by atoms with van der Waals surface area (Å²) >= 11 is 6.95. The number of halogens is 1. The average molecular weight is 285 g/mol. The first-order chi connectivity index (χ1) is 8.61. The van der Waals surface area contributed by atoms with Gasteiger partial charge >= 0.3 is 0 Å². The van der Waals surface area contributed by atoms with Crippen LogP contribution in [0.1, 0.15) is 5.56 Å². The van der Waals surface area contributed by atoms with Crippen LogP contribution in [0, 0.1) is 0 Å². The van der Waals surface area contributed by atoms with E-state index in [1.54, 1.807) is 6.07 Å². The summed E-state index contributed by atoms with van der Waals surface area (Å²) in [6, 6.07) is 7.32. The van der Waals surface area contributed by atoms with Gasteiger partial charge in [0.05, 0.1) is 5.25 Å².